The van der Waals surface area contributed by atoms with Gasteiger partial charge in [0.1, 0.15) is 11.3 Å². The summed E-state index contributed by atoms with van der Waals surface area (Å²) in [4.78, 5) is 25.0. The number of rotatable bonds is 10. The van der Waals surface area contributed by atoms with Crippen molar-refractivity contribution in [1.82, 2.24) is 4.90 Å². The van der Waals surface area contributed by atoms with Gasteiger partial charge in [-0.25, -0.2) is 0 Å². The van der Waals surface area contributed by atoms with E-state index in [-0.39, 0.29) is 22.7 Å². The Balaban J connectivity index is 2.07. The lowest BCUT2D eigenvalue weighted by Gasteiger charge is -2.18. The number of amides is 1. The van der Waals surface area contributed by atoms with Crippen LogP contribution in [0.1, 0.15) is 23.7 Å². The van der Waals surface area contributed by atoms with Crippen LogP contribution in [-0.4, -0.2) is 49.6 Å². The molecule has 0 N–H and O–H groups in total. The van der Waals surface area contributed by atoms with Gasteiger partial charge >= 0.3 is 0 Å². The summed E-state index contributed by atoms with van der Waals surface area (Å²) in [6, 6.07) is 9.57. The van der Waals surface area contributed by atoms with Crippen molar-refractivity contribution in [3.63, 3.8) is 0 Å². The number of nitrogens with zero attached hydrogens (tertiary/aromatic N) is 2. The Hall–Kier alpha value is -3.00. The number of nitro benzene ring substituents is 1. The summed E-state index contributed by atoms with van der Waals surface area (Å²) in [5.74, 6) is 0.635. The third kappa shape index (κ3) is 5.99. The maximum Gasteiger partial charge on any atom is 0.286 e. The van der Waals surface area contributed by atoms with Crippen LogP contribution in [0.2, 0.25) is 5.02 Å². The molecule has 9 heteroatoms. The molecule has 2 aromatic rings. The summed E-state index contributed by atoms with van der Waals surface area (Å²) in [6.07, 6.45) is 0.539. The van der Waals surface area contributed by atoms with Crippen molar-refractivity contribution in [2.45, 2.75) is 13.3 Å². The molecule has 0 radical (unpaired) electrons. The molecule has 0 fully saturated rings. The number of hydrogen-bond acceptors (Lipinski definition) is 6. The fraction of sp³-hybridized carbons (Fsp3) is 0.350. The van der Waals surface area contributed by atoms with Crippen LogP contribution >= 0.6 is 11.6 Å². The number of carbonyl (C=O) groups is 1. The summed E-state index contributed by atoms with van der Waals surface area (Å²) < 4.78 is 16.2. The zero-order valence-electron chi connectivity index (χ0n) is 16.5. The third-order valence-electron chi connectivity index (χ3n) is 4.06. The Morgan fingerprint density at radius 3 is 2.59 bits per heavy atom. The largest absolute Gasteiger partial charge is 0.493 e. The van der Waals surface area contributed by atoms with Gasteiger partial charge in [-0.3, -0.25) is 14.9 Å². The lowest BCUT2D eigenvalue weighted by Crippen LogP contribution is -2.29. The lowest BCUT2D eigenvalue weighted by atomic mass is 10.1. The molecule has 0 atom stereocenters. The highest BCUT2D eigenvalue weighted by atomic mass is 35.5. The van der Waals surface area contributed by atoms with E-state index >= 15 is 0 Å². The van der Waals surface area contributed by atoms with Crippen LogP contribution < -0.4 is 14.2 Å². The minimum absolute atomic E-state index is 0.0579. The molecule has 29 heavy (non-hydrogen) atoms. The Bertz CT molecular complexity index is 874. The highest BCUT2D eigenvalue weighted by Crippen LogP contribution is 2.35. The standard InChI is InChI=1S/C20H23ClN2O6/c1-4-28-19-12-16(17(23(25)26)13-18(19)27-3)20(24)22(2)9-6-10-29-15-8-5-7-14(21)11-15/h5,7-8,11-13H,4,6,9-10H2,1-3H3. The Labute approximate surface area is 174 Å². The van der Waals surface area contributed by atoms with Crippen LogP contribution in [0, 0.1) is 10.1 Å². The number of halogens is 1. The van der Waals surface area contributed by atoms with Crippen molar-refractivity contribution in [1.29, 1.82) is 0 Å². The first kappa shape index (κ1) is 22.3. The maximum atomic E-state index is 12.8. The summed E-state index contributed by atoms with van der Waals surface area (Å²) in [6.45, 7) is 2.83. The number of benzene rings is 2. The molecule has 2 aromatic carbocycles. The van der Waals surface area contributed by atoms with Crippen LogP contribution in [-0.2, 0) is 0 Å². The normalized spacial score (nSPS) is 10.3. The van der Waals surface area contributed by atoms with E-state index in [1.54, 1.807) is 38.2 Å². The first-order valence-electron chi connectivity index (χ1n) is 9.00. The first-order valence-corrected chi connectivity index (χ1v) is 9.38. The second kappa shape index (κ2) is 10.5. The van der Waals surface area contributed by atoms with E-state index in [2.05, 4.69) is 0 Å². The third-order valence-corrected chi connectivity index (χ3v) is 4.29. The van der Waals surface area contributed by atoms with Crippen LogP contribution in [0.4, 0.5) is 5.69 Å². The molecule has 0 unspecified atom stereocenters. The molecule has 0 bridgehead atoms. The molecule has 0 aliphatic carbocycles. The molecule has 2 rings (SSSR count). The van der Waals surface area contributed by atoms with Crippen molar-refractivity contribution < 1.29 is 23.9 Å². The van der Waals surface area contributed by atoms with Crippen molar-refractivity contribution in [2.75, 3.05) is 33.9 Å². The quantitative estimate of drug-likeness (QED) is 0.324. The minimum atomic E-state index is -0.610. The van der Waals surface area contributed by atoms with Crippen molar-refractivity contribution in [2.24, 2.45) is 0 Å². The highest BCUT2D eigenvalue weighted by molar-refractivity contribution is 6.30. The number of methoxy groups -OCH3 is 1. The molecule has 0 saturated carbocycles. The van der Waals surface area contributed by atoms with E-state index in [1.807, 2.05) is 0 Å². The predicted octanol–water partition coefficient (Wildman–Crippen LogP) is 4.20. The van der Waals surface area contributed by atoms with E-state index < -0.39 is 10.8 Å². The van der Waals surface area contributed by atoms with Gasteiger partial charge in [0.05, 0.1) is 31.3 Å². The monoisotopic (exact) mass is 422 g/mol. The number of nitro groups is 1. The number of hydrogen-bond donors (Lipinski definition) is 0. The SMILES string of the molecule is CCOc1cc(C(=O)N(C)CCCOc2cccc(Cl)c2)c([N+](=O)[O-])cc1OC. The van der Waals surface area contributed by atoms with Gasteiger partial charge < -0.3 is 19.1 Å². The second-order valence-corrected chi connectivity index (χ2v) is 6.53. The zero-order chi connectivity index (χ0) is 21.4. The summed E-state index contributed by atoms with van der Waals surface area (Å²) in [5.41, 5.74) is -0.394. The highest BCUT2D eigenvalue weighted by Gasteiger charge is 2.26. The molecular weight excluding hydrogens is 400 g/mol. The average molecular weight is 423 g/mol. The lowest BCUT2D eigenvalue weighted by molar-refractivity contribution is -0.385. The molecular formula is C20H23ClN2O6. The van der Waals surface area contributed by atoms with Gasteiger partial charge in [-0.2, -0.15) is 0 Å². The topological polar surface area (TPSA) is 91.1 Å². The summed E-state index contributed by atoms with van der Waals surface area (Å²) >= 11 is 5.91. The number of carbonyl (C=O) groups excluding carboxylic acids is 1. The average Bonchev–Trinajstić information content (AvgIpc) is 2.70. The van der Waals surface area contributed by atoms with Gasteiger partial charge in [0.15, 0.2) is 11.5 Å². The van der Waals surface area contributed by atoms with Gasteiger partial charge in [0.2, 0.25) is 0 Å². The van der Waals surface area contributed by atoms with Gasteiger partial charge in [-0.05, 0) is 31.5 Å². The molecule has 0 aromatic heterocycles. The molecule has 0 spiro atoms. The molecule has 156 valence electrons. The Morgan fingerprint density at radius 1 is 1.21 bits per heavy atom. The Morgan fingerprint density at radius 2 is 1.97 bits per heavy atom. The molecule has 1 amide bonds. The fourth-order valence-corrected chi connectivity index (χ4v) is 2.84. The molecule has 0 saturated heterocycles. The Kier molecular flexibility index (Phi) is 8.09. The van der Waals surface area contributed by atoms with E-state index in [0.29, 0.717) is 37.0 Å². The van der Waals surface area contributed by atoms with Crippen LogP contribution in [0.15, 0.2) is 36.4 Å². The minimum Gasteiger partial charge on any atom is -0.493 e. The predicted molar refractivity (Wildman–Crippen MR) is 109 cm³/mol. The molecule has 0 aliphatic heterocycles. The van der Waals surface area contributed by atoms with Crippen molar-refractivity contribution in [3.8, 4) is 17.2 Å². The molecule has 0 heterocycles. The number of ether oxygens (including phenoxy) is 3. The fourth-order valence-electron chi connectivity index (χ4n) is 2.66. The summed E-state index contributed by atoms with van der Waals surface area (Å²) in [5, 5.41) is 12.0. The summed E-state index contributed by atoms with van der Waals surface area (Å²) in [7, 11) is 2.96. The van der Waals surface area contributed by atoms with Crippen molar-refractivity contribution >= 4 is 23.2 Å². The zero-order valence-corrected chi connectivity index (χ0v) is 17.3. The van der Waals surface area contributed by atoms with Gasteiger partial charge in [-0.1, -0.05) is 17.7 Å². The smallest absolute Gasteiger partial charge is 0.286 e. The molecule has 0 aliphatic rings. The van der Waals surface area contributed by atoms with Crippen LogP contribution in [0.5, 0.6) is 17.2 Å². The first-order chi connectivity index (χ1) is 13.9. The van der Waals surface area contributed by atoms with Crippen LogP contribution in [0.25, 0.3) is 0 Å². The van der Waals surface area contributed by atoms with E-state index in [4.69, 9.17) is 25.8 Å². The maximum absolute atomic E-state index is 12.8. The second-order valence-electron chi connectivity index (χ2n) is 6.10. The molecule has 8 nitrogen and oxygen atoms in total. The van der Waals surface area contributed by atoms with Gasteiger partial charge in [-0.15, -0.1) is 0 Å². The van der Waals surface area contributed by atoms with Gasteiger partial charge in [0, 0.05) is 24.7 Å². The van der Waals surface area contributed by atoms with Crippen molar-refractivity contribution in [3.05, 3.63) is 57.1 Å². The van der Waals surface area contributed by atoms with Crippen LogP contribution in [0.3, 0.4) is 0 Å². The van der Waals surface area contributed by atoms with E-state index in [9.17, 15) is 14.9 Å². The van der Waals surface area contributed by atoms with E-state index in [1.165, 1.54) is 24.1 Å². The van der Waals surface area contributed by atoms with E-state index in [0.717, 1.165) is 0 Å². The van der Waals surface area contributed by atoms with Gasteiger partial charge in [0.25, 0.3) is 11.6 Å².